The van der Waals surface area contributed by atoms with Crippen molar-refractivity contribution in [1.29, 1.82) is 0 Å². The van der Waals surface area contributed by atoms with Crippen molar-refractivity contribution in [2.24, 2.45) is 0 Å². The molecule has 130 valence electrons. The van der Waals surface area contributed by atoms with E-state index in [2.05, 4.69) is 14.8 Å². The van der Waals surface area contributed by atoms with Gasteiger partial charge in [-0.3, -0.25) is 0 Å². The first-order valence-corrected chi connectivity index (χ1v) is 9.15. The van der Waals surface area contributed by atoms with E-state index in [9.17, 15) is 12.8 Å². The summed E-state index contributed by atoms with van der Waals surface area (Å²) in [6.45, 7) is 1.72. The third-order valence-electron chi connectivity index (χ3n) is 3.61. The first-order chi connectivity index (χ1) is 11.9. The number of nitrogens with zero attached hydrogens (tertiary/aromatic N) is 3. The van der Waals surface area contributed by atoms with Crippen LogP contribution >= 0.6 is 11.6 Å². The van der Waals surface area contributed by atoms with Gasteiger partial charge in [0.05, 0.1) is 15.6 Å². The number of nitrogens with one attached hydrogen (secondary N) is 1. The van der Waals surface area contributed by atoms with Gasteiger partial charge in [-0.2, -0.15) is 5.10 Å². The summed E-state index contributed by atoms with van der Waals surface area (Å²) in [5, 5.41) is 3.78. The maximum atomic E-state index is 13.2. The van der Waals surface area contributed by atoms with Crippen molar-refractivity contribution in [3.63, 3.8) is 0 Å². The molecule has 0 aliphatic heterocycles. The highest BCUT2D eigenvalue weighted by Crippen LogP contribution is 2.22. The zero-order valence-corrected chi connectivity index (χ0v) is 14.7. The van der Waals surface area contributed by atoms with Crippen molar-refractivity contribution in [2.45, 2.75) is 17.9 Å². The lowest BCUT2D eigenvalue weighted by molar-refractivity contribution is 0.566. The molecule has 0 aliphatic rings. The van der Waals surface area contributed by atoms with E-state index in [0.717, 1.165) is 23.4 Å². The Kier molecular flexibility index (Phi) is 4.85. The minimum Gasteiger partial charge on any atom is -0.223 e. The molecule has 0 radical (unpaired) electrons. The number of benzene rings is 2. The highest BCUT2D eigenvalue weighted by atomic mass is 35.5. The summed E-state index contributed by atoms with van der Waals surface area (Å²) < 4.78 is 42.2. The molecule has 0 spiro atoms. The van der Waals surface area contributed by atoms with Crippen molar-refractivity contribution in [3.8, 4) is 5.69 Å². The minimum absolute atomic E-state index is 0.0926. The van der Waals surface area contributed by atoms with Crippen molar-refractivity contribution < 1.29 is 12.8 Å². The predicted molar refractivity (Wildman–Crippen MR) is 91.5 cm³/mol. The van der Waals surface area contributed by atoms with Crippen LogP contribution in [0.2, 0.25) is 5.02 Å². The average Bonchev–Trinajstić information content (AvgIpc) is 3.11. The smallest absolute Gasteiger partial charge is 0.223 e. The van der Waals surface area contributed by atoms with Gasteiger partial charge in [0.15, 0.2) is 0 Å². The Morgan fingerprint density at radius 2 is 1.92 bits per heavy atom. The van der Waals surface area contributed by atoms with Crippen LogP contribution in [-0.4, -0.2) is 23.2 Å². The molecular weight excluding hydrogens is 367 g/mol. The molecule has 1 atom stereocenters. The largest absolute Gasteiger partial charge is 0.241 e. The van der Waals surface area contributed by atoms with E-state index in [1.807, 2.05) is 12.1 Å². The summed E-state index contributed by atoms with van der Waals surface area (Å²) in [5.74, 6) is -0.669. The topological polar surface area (TPSA) is 76.9 Å². The molecule has 1 aromatic heterocycles. The molecule has 3 rings (SSSR count). The van der Waals surface area contributed by atoms with Crippen molar-refractivity contribution >= 4 is 21.6 Å². The van der Waals surface area contributed by atoms with Crippen LogP contribution in [0.5, 0.6) is 0 Å². The van der Waals surface area contributed by atoms with E-state index in [1.165, 1.54) is 12.4 Å². The first kappa shape index (κ1) is 17.5. The van der Waals surface area contributed by atoms with E-state index in [1.54, 1.807) is 30.1 Å². The van der Waals surface area contributed by atoms with Gasteiger partial charge in [0, 0.05) is 6.04 Å². The lowest BCUT2D eigenvalue weighted by Gasteiger charge is -2.15. The van der Waals surface area contributed by atoms with Gasteiger partial charge in [-0.1, -0.05) is 23.7 Å². The van der Waals surface area contributed by atoms with Crippen molar-refractivity contribution in [2.75, 3.05) is 0 Å². The van der Waals surface area contributed by atoms with E-state index >= 15 is 0 Å². The molecule has 3 aromatic rings. The first-order valence-electron chi connectivity index (χ1n) is 7.29. The molecule has 1 unspecified atom stereocenters. The molecule has 9 heteroatoms. The third kappa shape index (κ3) is 3.87. The fraction of sp³-hybridized carbons (Fsp3) is 0.125. The molecule has 1 heterocycles. The molecule has 0 bridgehead atoms. The van der Waals surface area contributed by atoms with Gasteiger partial charge in [-0.15, -0.1) is 0 Å². The lowest BCUT2D eigenvalue weighted by atomic mass is 10.1. The van der Waals surface area contributed by atoms with Gasteiger partial charge < -0.3 is 0 Å². The van der Waals surface area contributed by atoms with Crippen LogP contribution in [0.15, 0.2) is 60.0 Å². The Balaban J connectivity index is 1.78. The second-order valence-corrected chi connectivity index (χ2v) is 7.47. The number of aromatic nitrogens is 3. The average molecular weight is 381 g/mol. The fourth-order valence-electron chi connectivity index (χ4n) is 2.27. The monoisotopic (exact) mass is 380 g/mol. The normalized spacial score (nSPS) is 12.9. The SMILES string of the molecule is CC(NS(=O)(=O)c1ccc(F)c(Cl)c1)c1ccc(-n2cncn2)cc1. The lowest BCUT2D eigenvalue weighted by Crippen LogP contribution is -2.27. The molecule has 0 fully saturated rings. The minimum atomic E-state index is -3.83. The number of hydrogen-bond acceptors (Lipinski definition) is 4. The Labute approximate surface area is 149 Å². The molecule has 1 N–H and O–H groups in total. The Morgan fingerprint density at radius 1 is 1.20 bits per heavy atom. The van der Waals surface area contributed by atoms with Gasteiger partial charge >= 0.3 is 0 Å². The maximum Gasteiger partial charge on any atom is 0.241 e. The van der Waals surface area contributed by atoms with Gasteiger partial charge in [0.1, 0.15) is 18.5 Å². The number of sulfonamides is 1. The highest BCUT2D eigenvalue weighted by molar-refractivity contribution is 7.89. The predicted octanol–water partition coefficient (Wildman–Crippen LogP) is 3.10. The zero-order valence-electron chi connectivity index (χ0n) is 13.1. The van der Waals surface area contributed by atoms with E-state index < -0.39 is 21.9 Å². The Hall–Kier alpha value is -2.29. The quantitative estimate of drug-likeness (QED) is 0.737. The van der Waals surface area contributed by atoms with Crippen LogP contribution in [0.4, 0.5) is 4.39 Å². The summed E-state index contributed by atoms with van der Waals surface area (Å²) in [6.07, 6.45) is 3.00. The van der Waals surface area contributed by atoms with Crippen LogP contribution in [0.1, 0.15) is 18.5 Å². The number of hydrogen-bond donors (Lipinski definition) is 1. The number of halogens is 2. The highest BCUT2D eigenvalue weighted by Gasteiger charge is 2.19. The standard InChI is InChI=1S/C16H14ClFN4O2S/c1-11(12-2-4-13(5-3-12)22-10-19-9-20-22)21-25(23,24)14-6-7-16(18)15(17)8-14/h2-11,21H,1H3. The zero-order chi connectivity index (χ0) is 18.0. The number of rotatable bonds is 5. The molecule has 2 aromatic carbocycles. The summed E-state index contributed by atoms with van der Waals surface area (Å²) in [7, 11) is -3.83. The molecule has 0 aliphatic carbocycles. The van der Waals surface area contributed by atoms with Crippen molar-refractivity contribution in [3.05, 3.63) is 71.5 Å². The summed E-state index contributed by atoms with van der Waals surface area (Å²) in [6, 6.07) is 9.99. The van der Waals surface area contributed by atoms with E-state index in [4.69, 9.17) is 11.6 Å². The second-order valence-electron chi connectivity index (χ2n) is 5.35. The molecule has 0 amide bonds. The van der Waals surface area contributed by atoms with Crippen LogP contribution in [0, 0.1) is 5.82 Å². The molecule has 0 saturated carbocycles. The fourth-order valence-corrected chi connectivity index (χ4v) is 3.77. The molecule has 6 nitrogen and oxygen atoms in total. The summed E-state index contributed by atoms with van der Waals surface area (Å²) in [5.41, 5.74) is 1.57. The van der Waals surface area contributed by atoms with Gasteiger partial charge in [-0.25, -0.2) is 27.2 Å². The van der Waals surface area contributed by atoms with Crippen LogP contribution in [-0.2, 0) is 10.0 Å². The summed E-state index contributed by atoms with van der Waals surface area (Å²) >= 11 is 5.66. The Morgan fingerprint density at radius 3 is 2.52 bits per heavy atom. The second kappa shape index (κ2) is 6.91. The molecular formula is C16H14ClFN4O2S. The van der Waals surface area contributed by atoms with E-state index in [0.29, 0.717) is 0 Å². The van der Waals surface area contributed by atoms with Crippen LogP contribution in [0.25, 0.3) is 5.69 Å². The van der Waals surface area contributed by atoms with E-state index in [-0.39, 0.29) is 9.92 Å². The molecule has 0 saturated heterocycles. The van der Waals surface area contributed by atoms with Gasteiger partial charge in [0.25, 0.3) is 0 Å². The maximum absolute atomic E-state index is 13.2. The van der Waals surface area contributed by atoms with Gasteiger partial charge in [0.2, 0.25) is 10.0 Å². The van der Waals surface area contributed by atoms with Gasteiger partial charge in [-0.05, 0) is 42.8 Å². The molecule has 25 heavy (non-hydrogen) atoms. The Bertz CT molecular complexity index is 976. The summed E-state index contributed by atoms with van der Waals surface area (Å²) in [4.78, 5) is 3.78. The van der Waals surface area contributed by atoms with Crippen molar-refractivity contribution in [1.82, 2.24) is 19.5 Å². The van der Waals surface area contributed by atoms with Crippen LogP contribution < -0.4 is 4.72 Å². The third-order valence-corrected chi connectivity index (χ3v) is 5.44. The van der Waals surface area contributed by atoms with Crippen LogP contribution in [0.3, 0.4) is 0 Å².